The van der Waals surface area contributed by atoms with Crippen LogP contribution in [0, 0.1) is 17.8 Å². The van der Waals surface area contributed by atoms with E-state index in [1.165, 1.54) is 14.2 Å². The zero-order valence-electron chi connectivity index (χ0n) is 9.49. The highest BCUT2D eigenvalue weighted by molar-refractivity contribution is 5.82. The van der Waals surface area contributed by atoms with Crippen molar-refractivity contribution < 1.29 is 19.1 Å². The minimum Gasteiger partial charge on any atom is -0.469 e. The summed E-state index contributed by atoms with van der Waals surface area (Å²) in [6, 6.07) is 0. The largest absolute Gasteiger partial charge is 0.469 e. The SMILES string of the molecule is COC(=O)[C@H]1C[C@@H](C)CC[C@H]1C(=O)OC. The van der Waals surface area contributed by atoms with E-state index in [9.17, 15) is 9.59 Å². The molecular formula is C11H18O4. The number of methoxy groups -OCH3 is 2. The summed E-state index contributed by atoms with van der Waals surface area (Å²) in [6.07, 6.45) is 2.40. The van der Waals surface area contributed by atoms with E-state index in [2.05, 4.69) is 6.92 Å². The summed E-state index contributed by atoms with van der Waals surface area (Å²) in [4.78, 5) is 23.0. The number of carbonyl (C=O) groups excluding carboxylic acids is 2. The Morgan fingerprint density at radius 2 is 1.53 bits per heavy atom. The normalized spacial score (nSPS) is 30.7. The van der Waals surface area contributed by atoms with Crippen LogP contribution in [0.5, 0.6) is 0 Å². The van der Waals surface area contributed by atoms with Crippen molar-refractivity contribution in [1.29, 1.82) is 0 Å². The van der Waals surface area contributed by atoms with Gasteiger partial charge in [-0.15, -0.1) is 0 Å². The smallest absolute Gasteiger partial charge is 0.309 e. The molecule has 0 saturated heterocycles. The van der Waals surface area contributed by atoms with E-state index in [0.29, 0.717) is 18.8 Å². The average Bonchev–Trinajstić information content (AvgIpc) is 2.26. The van der Waals surface area contributed by atoms with Gasteiger partial charge >= 0.3 is 11.9 Å². The molecule has 1 aliphatic carbocycles. The minimum absolute atomic E-state index is 0.294. The summed E-state index contributed by atoms with van der Waals surface area (Å²) in [5.41, 5.74) is 0. The summed E-state index contributed by atoms with van der Waals surface area (Å²) in [6.45, 7) is 2.09. The fourth-order valence-corrected chi connectivity index (χ4v) is 2.23. The first kappa shape index (κ1) is 12.0. The zero-order chi connectivity index (χ0) is 11.4. The Morgan fingerprint density at radius 3 is 2.07 bits per heavy atom. The standard InChI is InChI=1S/C11H18O4/c1-7-4-5-8(10(12)14-2)9(6-7)11(13)15-3/h7-9H,4-6H2,1-3H3/t7-,8+,9-/m0/s1. The highest BCUT2D eigenvalue weighted by Crippen LogP contribution is 2.35. The van der Waals surface area contributed by atoms with Crippen molar-refractivity contribution in [2.24, 2.45) is 17.8 Å². The second kappa shape index (κ2) is 5.14. The molecule has 0 amide bonds. The van der Waals surface area contributed by atoms with Gasteiger partial charge in [0.1, 0.15) is 0 Å². The molecule has 0 unspecified atom stereocenters. The van der Waals surface area contributed by atoms with Crippen LogP contribution in [0.3, 0.4) is 0 Å². The highest BCUT2D eigenvalue weighted by atomic mass is 16.5. The molecule has 0 aromatic heterocycles. The van der Waals surface area contributed by atoms with Crippen LogP contribution >= 0.6 is 0 Å². The van der Waals surface area contributed by atoms with E-state index in [-0.39, 0.29) is 23.8 Å². The molecule has 0 aromatic carbocycles. The van der Waals surface area contributed by atoms with Crippen LogP contribution in [0.4, 0.5) is 0 Å². The predicted molar refractivity (Wildman–Crippen MR) is 54.0 cm³/mol. The third-order valence-electron chi connectivity index (χ3n) is 3.12. The van der Waals surface area contributed by atoms with Crippen molar-refractivity contribution in [3.05, 3.63) is 0 Å². The van der Waals surface area contributed by atoms with Gasteiger partial charge in [0, 0.05) is 0 Å². The molecule has 4 nitrogen and oxygen atoms in total. The van der Waals surface area contributed by atoms with E-state index < -0.39 is 0 Å². The minimum atomic E-state index is -0.328. The number of ether oxygens (including phenoxy) is 2. The molecule has 0 radical (unpaired) electrons. The van der Waals surface area contributed by atoms with Gasteiger partial charge in [-0.05, 0) is 25.2 Å². The predicted octanol–water partition coefficient (Wildman–Crippen LogP) is 1.38. The number of rotatable bonds is 2. The lowest BCUT2D eigenvalue weighted by atomic mass is 9.74. The average molecular weight is 214 g/mol. The maximum atomic E-state index is 11.5. The first-order valence-electron chi connectivity index (χ1n) is 5.25. The van der Waals surface area contributed by atoms with Crippen molar-refractivity contribution in [3.63, 3.8) is 0 Å². The third-order valence-corrected chi connectivity index (χ3v) is 3.12. The van der Waals surface area contributed by atoms with E-state index in [0.717, 1.165) is 6.42 Å². The third kappa shape index (κ3) is 2.70. The fraction of sp³-hybridized carbons (Fsp3) is 0.818. The van der Waals surface area contributed by atoms with Crippen LogP contribution in [0.1, 0.15) is 26.2 Å². The fourth-order valence-electron chi connectivity index (χ4n) is 2.23. The molecular weight excluding hydrogens is 196 g/mol. The molecule has 4 heteroatoms. The number of esters is 2. The van der Waals surface area contributed by atoms with Crippen LogP contribution in [-0.2, 0) is 19.1 Å². The molecule has 0 aliphatic heterocycles. The second-order valence-corrected chi connectivity index (χ2v) is 4.18. The van der Waals surface area contributed by atoms with Crippen molar-refractivity contribution in [2.45, 2.75) is 26.2 Å². The van der Waals surface area contributed by atoms with Gasteiger partial charge < -0.3 is 9.47 Å². The summed E-state index contributed by atoms with van der Waals surface area (Å²) in [5.74, 6) is -0.769. The number of hydrogen-bond donors (Lipinski definition) is 0. The van der Waals surface area contributed by atoms with Gasteiger partial charge in [0.2, 0.25) is 0 Å². The van der Waals surface area contributed by atoms with Crippen LogP contribution in [0.25, 0.3) is 0 Å². The number of hydrogen-bond acceptors (Lipinski definition) is 4. The van der Waals surface area contributed by atoms with Gasteiger partial charge in [0.05, 0.1) is 26.1 Å². The van der Waals surface area contributed by atoms with Crippen LogP contribution in [-0.4, -0.2) is 26.2 Å². The van der Waals surface area contributed by atoms with E-state index in [1.54, 1.807) is 0 Å². The Kier molecular flexibility index (Phi) is 4.12. The first-order valence-corrected chi connectivity index (χ1v) is 5.25. The Labute approximate surface area is 89.9 Å². The van der Waals surface area contributed by atoms with Crippen molar-refractivity contribution >= 4 is 11.9 Å². The van der Waals surface area contributed by atoms with E-state index in [1.807, 2.05) is 0 Å². The maximum absolute atomic E-state index is 11.5. The van der Waals surface area contributed by atoms with Gasteiger partial charge in [-0.25, -0.2) is 0 Å². The quantitative estimate of drug-likeness (QED) is 0.652. The Morgan fingerprint density at radius 1 is 1.00 bits per heavy atom. The molecule has 0 heterocycles. The summed E-state index contributed by atoms with van der Waals surface area (Å²) in [7, 11) is 2.71. The Hall–Kier alpha value is -1.06. The summed E-state index contributed by atoms with van der Waals surface area (Å²) < 4.78 is 9.42. The first-order chi connectivity index (χ1) is 7.10. The molecule has 15 heavy (non-hydrogen) atoms. The lowest BCUT2D eigenvalue weighted by molar-refractivity contribution is -0.160. The molecule has 0 aromatic rings. The molecule has 1 aliphatic rings. The van der Waals surface area contributed by atoms with Gasteiger partial charge in [-0.1, -0.05) is 6.92 Å². The van der Waals surface area contributed by atoms with Crippen LogP contribution < -0.4 is 0 Å². The monoisotopic (exact) mass is 214 g/mol. The van der Waals surface area contributed by atoms with Crippen molar-refractivity contribution in [2.75, 3.05) is 14.2 Å². The molecule has 0 bridgehead atoms. The van der Waals surface area contributed by atoms with E-state index >= 15 is 0 Å². The molecule has 0 spiro atoms. The highest BCUT2D eigenvalue weighted by Gasteiger charge is 2.39. The van der Waals surface area contributed by atoms with E-state index in [4.69, 9.17) is 9.47 Å². The van der Waals surface area contributed by atoms with Crippen LogP contribution in [0.15, 0.2) is 0 Å². The van der Waals surface area contributed by atoms with Gasteiger partial charge in [-0.2, -0.15) is 0 Å². The van der Waals surface area contributed by atoms with Crippen molar-refractivity contribution in [3.8, 4) is 0 Å². The summed E-state index contributed by atoms with van der Waals surface area (Å²) in [5, 5.41) is 0. The molecule has 0 N–H and O–H groups in total. The molecule has 1 fully saturated rings. The topological polar surface area (TPSA) is 52.6 Å². The van der Waals surface area contributed by atoms with Crippen molar-refractivity contribution in [1.82, 2.24) is 0 Å². The van der Waals surface area contributed by atoms with Gasteiger partial charge in [0.25, 0.3) is 0 Å². The Bertz CT molecular complexity index is 249. The maximum Gasteiger partial charge on any atom is 0.309 e. The molecule has 1 rings (SSSR count). The Balaban J connectivity index is 2.74. The number of carbonyl (C=O) groups is 2. The van der Waals surface area contributed by atoms with Gasteiger partial charge in [-0.3, -0.25) is 9.59 Å². The van der Waals surface area contributed by atoms with Gasteiger partial charge in [0.15, 0.2) is 0 Å². The molecule has 3 atom stereocenters. The molecule has 1 saturated carbocycles. The zero-order valence-corrected chi connectivity index (χ0v) is 9.49. The lowest BCUT2D eigenvalue weighted by Crippen LogP contribution is -2.36. The molecule has 86 valence electrons. The summed E-state index contributed by atoms with van der Waals surface area (Å²) >= 11 is 0. The lowest BCUT2D eigenvalue weighted by Gasteiger charge is -2.31. The second-order valence-electron chi connectivity index (χ2n) is 4.18. The van der Waals surface area contributed by atoms with Crippen LogP contribution in [0.2, 0.25) is 0 Å².